The highest BCUT2D eigenvalue weighted by Gasteiger charge is 2.39. The van der Waals surface area contributed by atoms with E-state index in [0.717, 1.165) is 19.3 Å². The summed E-state index contributed by atoms with van der Waals surface area (Å²) in [5.41, 5.74) is -1.65. The SMILES string of the molecule is [O].[O]C1(C(=O)O)CCCCC1. The summed E-state index contributed by atoms with van der Waals surface area (Å²) in [6.07, 6.45) is 3.17. The molecule has 0 atom stereocenters. The maximum Gasteiger partial charge on any atom is 0.339 e. The molecule has 0 aromatic carbocycles. The fourth-order valence-electron chi connectivity index (χ4n) is 1.34. The lowest BCUT2D eigenvalue weighted by Crippen LogP contribution is -2.38. The molecule has 3 radical (unpaired) electrons. The second kappa shape index (κ2) is 3.69. The van der Waals surface area contributed by atoms with Crippen molar-refractivity contribution < 1.29 is 20.5 Å². The van der Waals surface area contributed by atoms with E-state index in [-0.39, 0.29) is 5.48 Å². The van der Waals surface area contributed by atoms with Crippen LogP contribution in [0.2, 0.25) is 0 Å². The van der Waals surface area contributed by atoms with Crippen LogP contribution in [-0.2, 0) is 15.4 Å². The molecule has 0 saturated heterocycles. The van der Waals surface area contributed by atoms with Crippen LogP contribution in [-0.4, -0.2) is 16.7 Å². The topological polar surface area (TPSA) is 85.7 Å². The van der Waals surface area contributed by atoms with Crippen molar-refractivity contribution in [2.24, 2.45) is 0 Å². The summed E-state index contributed by atoms with van der Waals surface area (Å²) in [7, 11) is 0. The lowest BCUT2D eigenvalue weighted by atomic mass is 9.85. The molecule has 0 bridgehead atoms. The van der Waals surface area contributed by atoms with E-state index in [4.69, 9.17) is 5.11 Å². The van der Waals surface area contributed by atoms with Crippen LogP contribution in [0.25, 0.3) is 0 Å². The molecular formula is C7H11O4. The quantitative estimate of drug-likeness (QED) is 0.620. The number of carbonyl (C=O) groups is 1. The monoisotopic (exact) mass is 159 g/mol. The molecule has 0 aromatic rings. The third-order valence-corrected chi connectivity index (χ3v) is 2.05. The molecular weight excluding hydrogens is 148 g/mol. The van der Waals surface area contributed by atoms with Crippen LogP contribution < -0.4 is 0 Å². The molecule has 4 nitrogen and oxygen atoms in total. The van der Waals surface area contributed by atoms with Crippen LogP contribution >= 0.6 is 0 Å². The summed E-state index contributed by atoms with van der Waals surface area (Å²) in [5, 5.41) is 19.7. The van der Waals surface area contributed by atoms with Crippen LogP contribution in [0.5, 0.6) is 0 Å². The zero-order valence-corrected chi connectivity index (χ0v) is 6.21. The van der Waals surface area contributed by atoms with Crippen molar-refractivity contribution in [3.05, 3.63) is 0 Å². The number of carboxylic acids is 1. The van der Waals surface area contributed by atoms with Gasteiger partial charge in [-0.3, -0.25) is 0 Å². The van der Waals surface area contributed by atoms with E-state index in [2.05, 4.69) is 0 Å². The smallest absolute Gasteiger partial charge is 0.339 e. The molecule has 1 fully saturated rings. The van der Waals surface area contributed by atoms with Crippen LogP contribution in [0.3, 0.4) is 0 Å². The fourth-order valence-corrected chi connectivity index (χ4v) is 1.34. The summed E-state index contributed by atoms with van der Waals surface area (Å²) in [5.74, 6) is -1.17. The van der Waals surface area contributed by atoms with Gasteiger partial charge in [0.15, 0.2) is 5.60 Å². The molecule has 11 heavy (non-hydrogen) atoms. The molecule has 1 N–H and O–H groups in total. The number of hydrogen-bond acceptors (Lipinski definition) is 1. The Kier molecular flexibility index (Phi) is 3.48. The van der Waals surface area contributed by atoms with Crippen LogP contribution in [0, 0.1) is 0 Å². The Labute approximate surface area is 65.2 Å². The van der Waals surface area contributed by atoms with Gasteiger partial charge in [0, 0.05) is 5.48 Å². The summed E-state index contributed by atoms with van der Waals surface area (Å²) in [6.45, 7) is 0. The molecule has 63 valence electrons. The second-order valence-corrected chi connectivity index (χ2v) is 2.86. The molecule has 0 spiro atoms. The van der Waals surface area contributed by atoms with E-state index >= 15 is 0 Å². The van der Waals surface area contributed by atoms with Gasteiger partial charge in [0.1, 0.15) is 0 Å². The van der Waals surface area contributed by atoms with Gasteiger partial charge in [-0.05, 0) is 25.7 Å². The van der Waals surface area contributed by atoms with Gasteiger partial charge in [-0.25, -0.2) is 9.90 Å². The van der Waals surface area contributed by atoms with Gasteiger partial charge in [0.05, 0.1) is 0 Å². The van der Waals surface area contributed by atoms with Crippen molar-refractivity contribution in [2.45, 2.75) is 37.7 Å². The van der Waals surface area contributed by atoms with E-state index in [1.807, 2.05) is 0 Å². The Balaban J connectivity index is 0.000001000. The summed E-state index contributed by atoms with van der Waals surface area (Å²) in [6, 6.07) is 0. The summed E-state index contributed by atoms with van der Waals surface area (Å²) in [4.78, 5) is 10.4. The predicted octanol–water partition coefficient (Wildman–Crippen LogP) is 1.09. The standard InChI is InChI=1S/C7H11O3.O/c8-6(9)7(10)4-2-1-3-5-7;/h1-5H2,(H,8,9);. The predicted molar refractivity (Wildman–Crippen MR) is 34.8 cm³/mol. The van der Waals surface area contributed by atoms with Crippen molar-refractivity contribution in [1.29, 1.82) is 0 Å². The van der Waals surface area contributed by atoms with Crippen molar-refractivity contribution >= 4 is 5.97 Å². The van der Waals surface area contributed by atoms with Crippen LogP contribution in [0.15, 0.2) is 0 Å². The van der Waals surface area contributed by atoms with Gasteiger partial charge in [-0.2, -0.15) is 0 Å². The van der Waals surface area contributed by atoms with Gasteiger partial charge in [0.25, 0.3) is 0 Å². The summed E-state index contributed by atoms with van der Waals surface area (Å²) >= 11 is 0. The van der Waals surface area contributed by atoms with E-state index < -0.39 is 11.6 Å². The molecule has 0 unspecified atom stereocenters. The molecule has 1 aliphatic carbocycles. The van der Waals surface area contributed by atoms with E-state index in [9.17, 15) is 9.90 Å². The zero-order chi connectivity index (χ0) is 7.61. The highest BCUT2D eigenvalue weighted by molar-refractivity contribution is 5.76. The maximum absolute atomic E-state index is 11.2. The molecule has 0 aromatic heterocycles. The Hall–Kier alpha value is -0.610. The van der Waals surface area contributed by atoms with Crippen molar-refractivity contribution in [3.8, 4) is 0 Å². The Morgan fingerprint density at radius 3 is 1.91 bits per heavy atom. The number of carboxylic acid groups (broad SMARTS) is 1. The first-order chi connectivity index (χ1) is 4.65. The van der Waals surface area contributed by atoms with Crippen molar-refractivity contribution in [3.63, 3.8) is 0 Å². The first-order valence-corrected chi connectivity index (χ1v) is 3.59. The molecule has 1 rings (SSSR count). The van der Waals surface area contributed by atoms with Crippen LogP contribution in [0.4, 0.5) is 0 Å². The van der Waals surface area contributed by atoms with E-state index in [1.165, 1.54) is 0 Å². The molecule has 4 heteroatoms. The molecule has 1 aliphatic rings. The lowest BCUT2D eigenvalue weighted by molar-refractivity contribution is -0.170. The van der Waals surface area contributed by atoms with Gasteiger partial charge in [-0.1, -0.05) is 6.42 Å². The minimum Gasteiger partial charge on any atom is -0.479 e. The highest BCUT2D eigenvalue weighted by atomic mass is 16.4. The van der Waals surface area contributed by atoms with Gasteiger partial charge in [-0.15, -0.1) is 0 Å². The third kappa shape index (κ3) is 2.17. The first-order valence-electron chi connectivity index (χ1n) is 3.59. The molecule has 0 heterocycles. The first kappa shape index (κ1) is 10.4. The minimum atomic E-state index is -1.65. The number of rotatable bonds is 1. The second-order valence-electron chi connectivity index (χ2n) is 2.86. The minimum absolute atomic E-state index is 0. The third-order valence-electron chi connectivity index (χ3n) is 2.05. The Morgan fingerprint density at radius 1 is 1.18 bits per heavy atom. The average Bonchev–Trinajstić information content (AvgIpc) is 1.89. The average molecular weight is 159 g/mol. The largest absolute Gasteiger partial charge is 0.479 e. The Bertz CT molecular complexity index is 137. The van der Waals surface area contributed by atoms with Gasteiger partial charge in [0.2, 0.25) is 0 Å². The van der Waals surface area contributed by atoms with Gasteiger partial charge >= 0.3 is 5.97 Å². The molecule has 0 amide bonds. The van der Waals surface area contributed by atoms with E-state index in [0.29, 0.717) is 12.8 Å². The van der Waals surface area contributed by atoms with E-state index in [1.54, 1.807) is 0 Å². The lowest BCUT2D eigenvalue weighted by Gasteiger charge is -2.24. The zero-order valence-electron chi connectivity index (χ0n) is 6.21. The summed E-state index contributed by atoms with van der Waals surface area (Å²) < 4.78 is 0. The fraction of sp³-hybridized carbons (Fsp3) is 0.857. The normalized spacial score (nSPS) is 21.9. The molecule has 1 saturated carbocycles. The van der Waals surface area contributed by atoms with Crippen LogP contribution in [0.1, 0.15) is 32.1 Å². The maximum atomic E-state index is 11.2. The number of aliphatic carboxylic acids is 1. The molecule has 0 aliphatic heterocycles. The van der Waals surface area contributed by atoms with Crippen molar-refractivity contribution in [1.82, 2.24) is 0 Å². The highest BCUT2D eigenvalue weighted by Crippen LogP contribution is 2.28. The number of hydrogen-bond donors (Lipinski definition) is 1. The van der Waals surface area contributed by atoms with Gasteiger partial charge < -0.3 is 5.11 Å². The Morgan fingerprint density at radius 2 is 1.64 bits per heavy atom. The van der Waals surface area contributed by atoms with Crippen molar-refractivity contribution in [2.75, 3.05) is 0 Å².